The average Bonchev–Trinajstić information content (AvgIpc) is 2.97. The van der Waals surface area contributed by atoms with Crippen molar-refractivity contribution in [2.24, 2.45) is 40.4 Å². The molecule has 4 rings (SSSR count). The Kier molecular flexibility index (Phi) is 5.32. The smallest absolute Gasteiger partial charge is 0.0724 e. The molecular weight excluding hydrogens is 344 g/mol. The summed E-state index contributed by atoms with van der Waals surface area (Å²) in [5.74, 6) is 4.17. The Morgan fingerprint density at radius 3 is 2.54 bits per heavy atom. The van der Waals surface area contributed by atoms with E-state index in [9.17, 15) is 10.2 Å². The van der Waals surface area contributed by atoms with Crippen LogP contribution in [-0.2, 0) is 0 Å². The Bertz CT molecular complexity index is 616. The molecule has 3 saturated carbocycles. The molecule has 0 saturated heterocycles. The second kappa shape index (κ2) is 7.12. The minimum Gasteiger partial charge on any atom is -0.390 e. The first kappa shape index (κ1) is 20.9. The predicted octanol–water partition coefficient (Wildman–Crippen LogP) is 6.11. The summed E-state index contributed by atoms with van der Waals surface area (Å²) < 4.78 is 0. The van der Waals surface area contributed by atoms with Gasteiger partial charge in [-0.05, 0) is 118 Å². The van der Waals surface area contributed by atoms with Gasteiger partial charge >= 0.3 is 0 Å². The summed E-state index contributed by atoms with van der Waals surface area (Å²) in [4.78, 5) is 0. The largest absolute Gasteiger partial charge is 0.390 e. The molecule has 3 fully saturated rings. The van der Waals surface area contributed by atoms with Crippen molar-refractivity contribution in [2.45, 2.75) is 111 Å². The molecule has 4 aliphatic rings. The van der Waals surface area contributed by atoms with Crippen molar-refractivity contribution in [3.05, 3.63) is 11.6 Å². The zero-order chi connectivity index (χ0) is 20.3. The first-order valence-electron chi connectivity index (χ1n) is 12.2. The van der Waals surface area contributed by atoms with Crippen molar-refractivity contribution in [1.82, 2.24) is 0 Å². The van der Waals surface area contributed by atoms with Crippen LogP contribution in [0.25, 0.3) is 0 Å². The molecule has 0 aromatic carbocycles. The van der Waals surface area contributed by atoms with Crippen molar-refractivity contribution >= 4 is 0 Å². The van der Waals surface area contributed by atoms with Gasteiger partial charge in [0.2, 0.25) is 0 Å². The van der Waals surface area contributed by atoms with Gasteiger partial charge in [0, 0.05) is 0 Å². The summed E-state index contributed by atoms with van der Waals surface area (Å²) in [5, 5.41) is 20.4. The van der Waals surface area contributed by atoms with E-state index < -0.39 is 5.60 Å². The van der Waals surface area contributed by atoms with E-state index in [1.165, 1.54) is 44.9 Å². The molecule has 0 unspecified atom stereocenters. The maximum absolute atomic E-state index is 10.2. The highest BCUT2D eigenvalue weighted by molar-refractivity contribution is 5.25. The van der Waals surface area contributed by atoms with Gasteiger partial charge < -0.3 is 10.2 Å². The normalized spacial score (nSPS) is 47.0. The van der Waals surface area contributed by atoms with E-state index in [2.05, 4.69) is 26.8 Å². The zero-order valence-electron chi connectivity index (χ0n) is 19.0. The lowest BCUT2D eigenvalue weighted by molar-refractivity contribution is -0.0638. The molecule has 28 heavy (non-hydrogen) atoms. The number of rotatable bonds is 4. The van der Waals surface area contributed by atoms with Crippen LogP contribution >= 0.6 is 0 Å². The van der Waals surface area contributed by atoms with E-state index in [4.69, 9.17) is 0 Å². The second-order valence-corrected chi connectivity index (χ2v) is 12.2. The lowest BCUT2D eigenvalue weighted by atomic mass is 9.46. The fraction of sp³-hybridized carbons (Fsp3) is 0.923. The monoisotopic (exact) mass is 388 g/mol. The Morgan fingerprint density at radius 2 is 1.82 bits per heavy atom. The molecule has 4 aliphatic carbocycles. The zero-order valence-corrected chi connectivity index (χ0v) is 19.0. The summed E-state index contributed by atoms with van der Waals surface area (Å²) >= 11 is 0. The topological polar surface area (TPSA) is 40.5 Å². The first-order valence-corrected chi connectivity index (χ1v) is 12.2. The molecule has 0 aromatic rings. The van der Waals surface area contributed by atoms with E-state index in [1.54, 1.807) is 5.57 Å². The number of hydrogen-bond donors (Lipinski definition) is 2. The molecule has 0 heterocycles. The van der Waals surface area contributed by atoms with Crippen LogP contribution in [0.15, 0.2) is 11.6 Å². The third kappa shape index (κ3) is 3.41. The molecule has 0 radical (unpaired) electrons. The molecule has 0 bridgehead atoms. The lowest BCUT2D eigenvalue weighted by Crippen LogP contribution is -2.51. The van der Waals surface area contributed by atoms with E-state index in [0.29, 0.717) is 10.8 Å². The third-order valence-electron chi connectivity index (χ3n) is 10.1. The summed E-state index contributed by atoms with van der Waals surface area (Å²) in [6, 6.07) is 0. The molecule has 2 nitrogen and oxygen atoms in total. The molecule has 0 aliphatic heterocycles. The fourth-order valence-electron chi connectivity index (χ4n) is 8.47. The first-order chi connectivity index (χ1) is 13.0. The molecule has 160 valence electrons. The van der Waals surface area contributed by atoms with Crippen LogP contribution in [0.4, 0.5) is 0 Å². The Labute approximate surface area is 173 Å². The van der Waals surface area contributed by atoms with Crippen LogP contribution < -0.4 is 0 Å². The summed E-state index contributed by atoms with van der Waals surface area (Å²) in [7, 11) is 0. The lowest BCUT2D eigenvalue weighted by Gasteiger charge is -2.59. The molecule has 0 aromatic heterocycles. The van der Waals surface area contributed by atoms with Crippen molar-refractivity contribution in [1.29, 1.82) is 0 Å². The van der Waals surface area contributed by atoms with Gasteiger partial charge in [-0.1, -0.05) is 32.4 Å². The Balaban J connectivity index is 1.52. The molecule has 2 N–H and O–H groups in total. The maximum Gasteiger partial charge on any atom is 0.0724 e. The highest BCUT2D eigenvalue weighted by Crippen LogP contribution is 2.67. The van der Waals surface area contributed by atoms with E-state index in [-0.39, 0.29) is 6.10 Å². The minimum atomic E-state index is -0.531. The van der Waals surface area contributed by atoms with Gasteiger partial charge in [0.05, 0.1) is 11.7 Å². The summed E-state index contributed by atoms with van der Waals surface area (Å²) in [5.41, 5.74) is 1.92. The van der Waals surface area contributed by atoms with Crippen LogP contribution in [0, 0.1) is 40.4 Å². The Hall–Kier alpha value is -0.340. The highest BCUT2D eigenvalue weighted by atomic mass is 16.3. The van der Waals surface area contributed by atoms with Gasteiger partial charge in [0.25, 0.3) is 0 Å². The molecule has 8 atom stereocenters. The van der Waals surface area contributed by atoms with Crippen LogP contribution in [0.1, 0.15) is 98.8 Å². The summed E-state index contributed by atoms with van der Waals surface area (Å²) in [6.07, 6.45) is 14.4. The quantitative estimate of drug-likeness (QED) is 0.570. The molecular formula is C26H44O2. The minimum absolute atomic E-state index is 0.194. The van der Waals surface area contributed by atoms with Gasteiger partial charge in [-0.25, -0.2) is 0 Å². The van der Waals surface area contributed by atoms with Crippen LogP contribution in [0.5, 0.6) is 0 Å². The van der Waals surface area contributed by atoms with E-state index >= 15 is 0 Å². The van der Waals surface area contributed by atoms with Crippen molar-refractivity contribution in [3.63, 3.8) is 0 Å². The standard InChI is InChI=1S/C26H44O2/c1-17(10-13-24(2,3)28)21-8-9-22-20-7-6-18-16-19(27)11-14-25(18,4)23(20)12-15-26(21,22)5/h16-17,19-23,27-28H,6-15H2,1-5H3/t17-,19+,20+,21-,22+,23+,25+,26-/m1/s1. The van der Waals surface area contributed by atoms with Gasteiger partial charge in [-0.3, -0.25) is 0 Å². The molecule has 2 heteroatoms. The number of aliphatic hydroxyl groups excluding tert-OH is 1. The summed E-state index contributed by atoms with van der Waals surface area (Å²) in [6.45, 7) is 11.5. The predicted molar refractivity (Wildman–Crippen MR) is 116 cm³/mol. The van der Waals surface area contributed by atoms with Crippen molar-refractivity contribution in [2.75, 3.05) is 0 Å². The van der Waals surface area contributed by atoms with Crippen LogP contribution in [-0.4, -0.2) is 21.9 Å². The molecule has 0 spiro atoms. The third-order valence-corrected chi connectivity index (χ3v) is 10.1. The van der Waals surface area contributed by atoms with E-state index in [0.717, 1.165) is 48.9 Å². The van der Waals surface area contributed by atoms with Crippen molar-refractivity contribution < 1.29 is 10.2 Å². The second-order valence-electron chi connectivity index (χ2n) is 12.2. The van der Waals surface area contributed by atoms with Crippen LogP contribution in [0.2, 0.25) is 0 Å². The molecule has 0 amide bonds. The number of hydrogen-bond acceptors (Lipinski definition) is 2. The van der Waals surface area contributed by atoms with Crippen LogP contribution in [0.3, 0.4) is 0 Å². The van der Waals surface area contributed by atoms with E-state index in [1.807, 2.05) is 13.8 Å². The number of fused-ring (bicyclic) bond motifs is 5. The average molecular weight is 389 g/mol. The van der Waals surface area contributed by atoms with Gasteiger partial charge in [0.15, 0.2) is 0 Å². The van der Waals surface area contributed by atoms with Gasteiger partial charge in [-0.2, -0.15) is 0 Å². The van der Waals surface area contributed by atoms with Gasteiger partial charge in [-0.15, -0.1) is 0 Å². The number of allylic oxidation sites excluding steroid dienone is 1. The SMILES string of the molecule is C[C@H](CCC(C)(C)O)[C@H]1CC[C@H]2[C@@H]3CCC4=C[C@@H](O)CC[C@]4(C)[C@H]3CC[C@]12C. The Morgan fingerprint density at radius 1 is 1.07 bits per heavy atom. The number of aliphatic hydroxyl groups is 2. The highest BCUT2D eigenvalue weighted by Gasteiger charge is 2.59. The fourth-order valence-corrected chi connectivity index (χ4v) is 8.47. The van der Waals surface area contributed by atoms with Crippen molar-refractivity contribution in [3.8, 4) is 0 Å². The van der Waals surface area contributed by atoms with Gasteiger partial charge in [0.1, 0.15) is 0 Å². The maximum atomic E-state index is 10.2.